The summed E-state index contributed by atoms with van der Waals surface area (Å²) in [4.78, 5) is 43.2. The van der Waals surface area contributed by atoms with E-state index in [1.165, 1.54) is 24.1 Å². The molecule has 0 aliphatic carbocycles. The number of nitrogens with zero attached hydrogens (tertiary/aromatic N) is 3. The van der Waals surface area contributed by atoms with Crippen LogP contribution in [0.15, 0.2) is 59.5 Å². The number of nitrogens with one attached hydrogen (secondary N) is 1. The molecule has 2 saturated heterocycles. The minimum atomic E-state index is -4.25. The first-order valence-electron chi connectivity index (χ1n) is 12.7. The predicted octanol–water partition coefficient (Wildman–Crippen LogP) is 1.12. The summed E-state index contributed by atoms with van der Waals surface area (Å²) < 4.78 is 32.4. The predicted molar refractivity (Wildman–Crippen MR) is 141 cm³/mol. The van der Waals surface area contributed by atoms with Gasteiger partial charge in [0.25, 0.3) is 15.9 Å². The second-order valence-corrected chi connectivity index (χ2v) is 11.7. The first-order chi connectivity index (χ1) is 18.2. The maximum atomic E-state index is 13.6. The zero-order valence-corrected chi connectivity index (χ0v) is 22.5. The highest BCUT2D eigenvalue weighted by molar-refractivity contribution is 7.89. The zero-order chi connectivity index (χ0) is 27.3. The molecule has 2 aliphatic heterocycles. The fraction of sp³-hybridized carbons (Fsp3) is 0.444. The summed E-state index contributed by atoms with van der Waals surface area (Å²) >= 11 is 0. The second-order valence-electron chi connectivity index (χ2n) is 9.80. The number of hydrogen-bond donors (Lipinski definition) is 1. The van der Waals surface area contributed by atoms with Crippen LogP contribution in [-0.2, 0) is 30.8 Å². The van der Waals surface area contributed by atoms with Gasteiger partial charge in [-0.2, -0.15) is 0 Å². The van der Waals surface area contributed by atoms with E-state index < -0.39 is 34.4 Å². The molecule has 11 heteroatoms. The maximum Gasteiger partial charge on any atom is 0.267 e. The van der Waals surface area contributed by atoms with Gasteiger partial charge in [-0.3, -0.25) is 14.4 Å². The highest BCUT2D eigenvalue weighted by Crippen LogP contribution is 2.25. The van der Waals surface area contributed by atoms with E-state index in [4.69, 9.17) is 4.74 Å². The Morgan fingerprint density at radius 3 is 2.32 bits per heavy atom. The lowest BCUT2D eigenvalue weighted by Gasteiger charge is -2.39. The van der Waals surface area contributed by atoms with E-state index in [2.05, 4.69) is 17.3 Å². The number of benzene rings is 2. The highest BCUT2D eigenvalue weighted by atomic mass is 32.2. The van der Waals surface area contributed by atoms with Gasteiger partial charge in [-0.25, -0.2) is 12.7 Å². The molecule has 0 saturated carbocycles. The summed E-state index contributed by atoms with van der Waals surface area (Å²) in [5, 5.41) is 2.91. The van der Waals surface area contributed by atoms with Crippen LogP contribution in [0.5, 0.6) is 5.75 Å². The lowest BCUT2D eigenvalue weighted by Crippen LogP contribution is -2.63. The average molecular weight is 543 g/mol. The summed E-state index contributed by atoms with van der Waals surface area (Å²) in [6, 6.07) is 13.3. The molecule has 2 fully saturated rings. The Morgan fingerprint density at radius 1 is 1.03 bits per heavy atom. The minimum Gasteiger partial charge on any atom is -0.497 e. The van der Waals surface area contributed by atoms with E-state index in [1.807, 2.05) is 0 Å². The van der Waals surface area contributed by atoms with Crippen LogP contribution in [0.2, 0.25) is 0 Å². The molecular weight excluding hydrogens is 508 g/mol. The van der Waals surface area contributed by atoms with Gasteiger partial charge in [0.2, 0.25) is 11.8 Å². The van der Waals surface area contributed by atoms with Crippen molar-refractivity contribution in [3.05, 3.63) is 60.2 Å². The summed E-state index contributed by atoms with van der Waals surface area (Å²) in [5.74, 6) is -0.734. The van der Waals surface area contributed by atoms with Crippen molar-refractivity contribution in [3.63, 3.8) is 0 Å². The third-order valence-electron chi connectivity index (χ3n) is 7.17. The maximum absolute atomic E-state index is 13.6. The Kier molecular flexibility index (Phi) is 8.68. The van der Waals surface area contributed by atoms with Crippen molar-refractivity contribution in [2.45, 2.75) is 30.2 Å². The van der Waals surface area contributed by atoms with Gasteiger partial charge in [0.05, 0.1) is 12.0 Å². The van der Waals surface area contributed by atoms with Gasteiger partial charge in [0.1, 0.15) is 24.9 Å². The van der Waals surface area contributed by atoms with Crippen LogP contribution in [0.25, 0.3) is 0 Å². The molecule has 0 radical (unpaired) electrons. The molecule has 2 aromatic rings. The van der Waals surface area contributed by atoms with Crippen LogP contribution in [0, 0.1) is 5.92 Å². The van der Waals surface area contributed by atoms with E-state index in [-0.39, 0.29) is 23.8 Å². The number of hydrogen-bond acceptors (Lipinski definition) is 7. The Bertz CT molecular complexity index is 1240. The molecule has 0 spiro atoms. The highest BCUT2D eigenvalue weighted by Gasteiger charge is 2.45. The fourth-order valence-corrected chi connectivity index (χ4v) is 6.20. The number of methoxy groups -OCH3 is 1. The number of ether oxygens (including phenoxy) is 1. The van der Waals surface area contributed by atoms with E-state index >= 15 is 0 Å². The van der Waals surface area contributed by atoms with Gasteiger partial charge >= 0.3 is 0 Å². The summed E-state index contributed by atoms with van der Waals surface area (Å²) in [6.45, 7) is 1.46. The number of sulfonamides is 1. The van der Waals surface area contributed by atoms with Crippen molar-refractivity contribution in [1.82, 2.24) is 19.4 Å². The number of rotatable bonds is 9. The van der Waals surface area contributed by atoms with E-state index in [0.29, 0.717) is 28.1 Å². The Hall–Kier alpha value is -3.44. The molecule has 2 aliphatic rings. The molecule has 4 rings (SSSR count). The number of amides is 3. The Morgan fingerprint density at radius 2 is 1.68 bits per heavy atom. The van der Waals surface area contributed by atoms with Crippen molar-refractivity contribution in [2.75, 3.05) is 46.9 Å². The molecule has 0 unspecified atom stereocenters. The summed E-state index contributed by atoms with van der Waals surface area (Å²) in [5.41, 5.74) is 0.702. The molecule has 2 aromatic carbocycles. The normalized spacial score (nSPS) is 19.5. The standard InChI is InChI=1S/C27H34N4O6S/c1-29-14-12-21(13-15-29)17-28-25(32)18-30-24(16-20-8-10-22(37-2)11-9-20)27(34)31(19-26(30)33)38(35,36)23-6-4-3-5-7-23/h3-11,21,24H,12-19H2,1-2H3,(H,28,32)/t24-/m0/s1. The number of piperidine rings is 1. The van der Waals surface area contributed by atoms with E-state index in [9.17, 15) is 22.8 Å². The van der Waals surface area contributed by atoms with Gasteiger partial charge in [-0.15, -0.1) is 0 Å². The van der Waals surface area contributed by atoms with Crippen molar-refractivity contribution in [1.29, 1.82) is 0 Å². The van der Waals surface area contributed by atoms with Crippen molar-refractivity contribution in [3.8, 4) is 5.75 Å². The molecular formula is C27H34N4O6S. The average Bonchev–Trinajstić information content (AvgIpc) is 2.93. The third-order valence-corrected chi connectivity index (χ3v) is 8.92. The number of piperazine rings is 1. The molecule has 2 heterocycles. The minimum absolute atomic E-state index is 0.0532. The van der Waals surface area contributed by atoms with Crippen molar-refractivity contribution >= 4 is 27.7 Å². The molecule has 0 bridgehead atoms. The summed E-state index contributed by atoms with van der Waals surface area (Å²) in [7, 11) is -0.644. The smallest absolute Gasteiger partial charge is 0.267 e. The molecule has 204 valence electrons. The Balaban J connectivity index is 1.54. The van der Waals surface area contributed by atoms with Crippen LogP contribution in [0.1, 0.15) is 18.4 Å². The largest absolute Gasteiger partial charge is 0.497 e. The van der Waals surface area contributed by atoms with Gasteiger partial charge in [0, 0.05) is 13.0 Å². The molecule has 10 nitrogen and oxygen atoms in total. The first-order valence-corrected chi connectivity index (χ1v) is 14.1. The van der Waals surface area contributed by atoms with E-state index in [0.717, 1.165) is 25.9 Å². The quantitative estimate of drug-likeness (QED) is 0.505. The summed E-state index contributed by atoms with van der Waals surface area (Å²) in [6.07, 6.45) is 2.01. The zero-order valence-electron chi connectivity index (χ0n) is 21.7. The second kappa shape index (κ2) is 12.0. The monoisotopic (exact) mass is 542 g/mol. The lowest BCUT2D eigenvalue weighted by atomic mass is 9.97. The lowest BCUT2D eigenvalue weighted by molar-refractivity contribution is -0.152. The Labute approximate surface area is 223 Å². The molecule has 1 atom stereocenters. The van der Waals surface area contributed by atoms with Gasteiger partial charge in [-0.1, -0.05) is 30.3 Å². The van der Waals surface area contributed by atoms with Crippen LogP contribution >= 0.6 is 0 Å². The number of carbonyl (C=O) groups excluding carboxylic acids is 3. The number of carbonyl (C=O) groups is 3. The van der Waals surface area contributed by atoms with Crippen molar-refractivity contribution in [2.24, 2.45) is 5.92 Å². The van der Waals surface area contributed by atoms with Gasteiger partial charge in [0.15, 0.2) is 0 Å². The van der Waals surface area contributed by atoms with Gasteiger partial charge < -0.3 is 19.9 Å². The van der Waals surface area contributed by atoms with Crippen molar-refractivity contribution < 1.29 is 27.5 Å². The van der Waals surface area contributed by atoms with Crippen LogP contribution in [0.3, 0.4) is 0 Å². The van der Waals surface area contributed by atoms with Crippen LogP contribution < -0.4 is 10.1 Å². The van der Waals surface area contributed by atoms with Crippen LogP contribution in [-0.4, -0.2) is 93.2 Å². The molecule has 1 N–H and O–H groups in total. The molecule has 38 heavy (non-hydrogen) atoms. The van der Waals surface area contributed by atoms with E-state index in [1.54, 1.807) is 42.5 Å². The SMILES string of the molecule is COc1ccc(C[C@H]2C(=O)N(S(=O)(=O)c3ccccc3)CC(=O)N2CC(=O)NCC2CCN(C)CC2)cc1. The first kappa shape index (κ1) is 27.6. The topological polar surface area (TPSA) is 116 Å². The fourth-order valence-electron chi connectivity index (χ4n) is 4.80. The van der Waals surface area contributed by atoms with Crippen LogP contribution in [0.4, 0.5) is 0 Å². The third kappa shape index (κ3) is 6.33. The molecule has 3 amide bonds. The molecule has 0 aromatic heterocycles. The van der Waals surface area contributed by atoms with Gasteiger partial charge in [-0.05, 0) is 68.7 Å². The number of likely N-dealkylation sites (tertiary alicyclic amines) is 1.